The first-order valence-electron chi connectivity index (χ1n) is 7.28. The van der Waals surface area contributed by atoms with Crippen molar-refractivity contribution < 1.29 is 32.3 Å². The van der Waals surface area contributed by atoms with Gasteiger partial charge < -0.3 is 14.3 Å². The Morgan fingerprint density at radius 2 is 2.13 bits per heavy atom. The topological polar surface area (TPSA) is 114 Å². The van der Waals surface area contributed by atoms with Gasteiger partial charge in [-0.15, -0.1) is 0 Å². The Balaban J connectivity index is 2.48. The van der Waals surface area contributed by atoms with E-state index in [1.54, 1.807) is 6.92 Å². The van der Waals surface area contributed by atoms with Crippen LogP contribution in [0.15, 0.2) is 15.4 Å². The zero-order valence-corrected chi connectivity index (χ0v) is 13.8. The summed E-state index contributed by atoms with van der Waals surface area (Å²) in [5.41, 5.74) is 0. The minimum absolute atomic E-state index is 0.111. The van der Waals surface area contributed by atoms with Crippen molar-refractivity contribution in [2.75, 3.05) is 13.7 Å². The van der Waals surface area contributed by atoms with Crippen LogP contribution < -0.4 is 0 Å². The summed E-state index contributed by atoms with van der Waals surface area (Å²) in [4.78, 5) is 22.7. The van der Waals surface area contributed by atoms with Gasteiger partial charge in [0.1, 0.15) is 16.7 Å². The lowest BCUT2D eigenvalue weighted by molar-refractivity contribution is -0.142. The SMILES string of the molecule is CCc1oc(C(=O)OC)cc1S(=O)(=O)N1CCCCC1C(=O)O. The molecule has 0 spiro atoms. The number of hydrogen-bond donors (Lipinski definition) is 1. The van der Waals surface area contributed by atoms with Crippen LogP contribution in [0.5, 0.6) is 0 Å². The number of carbonyl (C=O) groups is 2. The summed E-state index contributed by atoms with van der Waals surface area (Å²) in [6, 6.07) is 0.00276. The van der Waals surface area contributed by atoms with Crippen LogP contribution in [0.3, 0.4) is 0 Å². The minimum atomic E-state index is -4.07. The fraction of sp³-hybridized carbons (Fsp3) is 0.571. The maximum absolute atomic E-state index is 12.9. The molecule has 0 amide bonds. The van der Waals surface area contributed by atoms with Crippen LogP contribution in [0.1, 0.15) is 42.5 Å². The van der Waals surface area contributed by atoms with Gasteiger partial charge in [-0.25, -0.2) is 13.2 Å². The van der Waals surface area contributed by atoms with Crippen LogP contribution in [-0.4, -0.2) is 49.5 Å². The Bertz CT molecular complexity index is 707. The fourth-order valence-electron chi connectivity index (χ4n) is 2.64. The zero-order chi connectivity index (χ0) is 17.2. The molecule has 1 saturated heterocycles. The molecule has 0 radical (unpaired) electrons. The fourth-order valence-corrected chi connectivity index (χ4v) is 4.53. The van der Waals surface area contributed by atoms with E-state index in [0.717, 1.165) is 17.5 Å². The highest BCUT2D eigenvalue weighted by Crippen LogP contribution is 2.30. The number of hydrogen-bond acceptors (Lipinski definition) is 6. The minimum Gasteiger partial charge on any atom is -0.480 e. The van der Waals surface area contributed by atoms with Crippen molar-refractivity contribution in [1.82, 2.24) is 4.31 Å². The first-order valence-corrected chi connectivity index (χ1v) is 8.72. The molecule has 1 N–H and O–H groups in total. The van der Waals surface area contributed by atoms with Gasteiger partial charge in [-0.2, -0.15) is 4.31 Å². The van der Waals surface area contributed by atoms with Crippen LogP contribution in [-0.2, 0) is 26.0 Å². The normalized spacial score (nSPS) is 19.5. The van der Waals surface area contributed by atoms with E-state index in [-0.39, 0.29) is 35.8 Å². The molecule has 2 rings (SSSR count). The molecule has 0 aromatic carbocycles. The summed E-state index contributed by atoms with van der Waals surface area (Å²) in [5, 5.41) is 9.27. The molecular formula is C14H19NO7S. The average molecular weight is 345 g/mol. The molecule has 2 heterocycles. The second-order valence-electron chi connectivity index (χ2n) is 5.21. The molecule has 1 aromatic rings. The summed E-state index contributed by atoms with van der Waals surface area (Å²) in [7, 11) is -2.91. The first kappa shape index (κ1) is 17.5. The van der Waals surface area contributed by atoms with Crippen LogP contribution in [0.25, 0.3) is 0 Å². The van der Waals surface area contributed by atoms with Gasteiger partial charge in [-0.3, -0.25) is 4.79 Å². The van der Waals surface area contributed by atoms with E-state index in [1.807, 2.05) is 0 Å². The van der Waals surface area contributed by atoms with E-state index >= 15 is 0 Å². The third-order valence-corrected chi connectivity index (χ3v) is 5.76. The molecule has 8 nitrogen and oxygen atoms in total. The number of ether oxygens (including phenoxy) is 1. The number of aliphatic carboxylic acids is 1. The first-order chi connectivity index (χ1) is 10.8. The number of rotatable bonds is 5. The predicted molar refractivity (Wildman–Crippen MR) is 78.6 cm³/mol. The molecule has 1 unspecified atom stereocenters. The molecule has 23 heavy (non-hydrogen) atoms. The molecule has 0 saturated carbocycles. The number of sulfonamides is 1. The van der Waals surface area contributed by atoms with Gasteiger partial charge in [-0.05, 0) is 19.3 Å². The molecule has 0 aliphatic carbocycles. The lowest BCUT2D eigenvalue weighted by Crippen LogP contribution is -2.47. The van der Waals surface area contributed by atoms with Gasteiger partial charge in [0.25, 0.3) is 0 Å². The van der Waals surface area contributed by atoms with Crippen molar-refractivity contribution in [2.45, 2.75) is 43.5 Å². The maximum Gasteiger partial charge on any atom is 0.373 e. The summed E-state index contributed by atoms with van der Waals surface area (Å²) >= 11 is 0. The Hall–Kier alpha value is -1.87. The van der Waals surface area contributed by atoms with Crippen LogP contribution in [0.2, 0.25) is 0 Å². The maximum atomic E-state index is 12.9. The van der Waals surface area contributed by atoms with Gasteiger partial charge in [0.15, 0.2) is 0 Å². The van der Waals surface area contributed by atoms with Gasteiger partial charge in [0.2, 0.25) is 15.8 Å². The lowest BCUT2D eigenvalue weighted by atomic mass is 10.1. The Morgan fingerprint density at radius 3 is 2.70 bits per heavy atom. The van der Waals surface area contributed by atoms with E-state index in [0.29, 0.717) is 12.8 Å². The highest BCUT2D eigenvalue weighted by molar-refractivity contribution is 7.89. The molecule has 128 valence electrons. The molecule has 1 fully saturated rings. The second kappa shape index (κ2) is 6.71. The highest BCUT2D eigenvalue weighted by atomic mass is 32.2. The molecule has 1 aromatic heterocycles. The zero-order valence-electron chi connectivity index (χ0n) is 12.9. The number of carbonyl (C=O) groups excluding carboxylic acids is 1. The Labute approximate surface area is 134 Å². The second-order valence-corrected chi connectivity index (χ2v) is 7.07. The third-order valence-electron chi connectivity index (χ3n) is 3.80. The van der Waals surface area contributed by atoms with Crippen LogP contribution >= 0.6 is 0 Å². The standard InChI is InChI=1S/C14H19NO7S/c1-3-10-12(8-11(22-10)14(18)21-2)23(19,20)15-7-5-4-6-9(15)13(16)17/h8-9H,3-7H2,1-2H3,(H,16,17). The van der Waals surface area contributed by atoms with Gasteiger partial charge in [-0.1, -0.05) is 6.92 Å². The van der Waals surface area contributed by atoms with Crippen molar-refractivity contribution in [2.24, 2.45) is 0 Å². The molecule has 1 atom stereocenters. The smallest absolute Gasteiger partial charge is 0.373 e. The quantitative estimate of drug-likeness (QED) is 0.799. The number of nitrogens with zero attached hydrogens (tertiary/aromatic N) is 1. The Kier molecular flexibility index (Phi) is 5.10. The van der Waals surface area contributed by atoms with E-state index in [4.69, 9.17) is 4.42 Å². The molecule has 9 heteroatoms. The molecule has 1 aliphatic heterocycles. The number of carboxylic acid groups (broad SMARTS) is 1. The Morgan fingerprint density at radius 1 is 1.43 bits per heavy atom. The lowest BCUT2D eigenvalue weighted by Gasteiger charge is -2.31. The van der Waals surface area contributed by atoms with Crippen molar-refractivity contribution in [3.8, 4) is 0 Å². The van der Waals surface area contributed by atoms with Gasteiger partial charge in [0, 0.05) is 19.0 Å². The number of esters is 1. The van der Waals surface area contributed by atoms with E-state index in [9.17, 15) is 23.1 Å². The average Bonchev–Trinajstić information content (AvgIpc) is 2.99. The molecule has 1 aliphatic rings. The van der Waals surface area contributed by atoms with E-state index < -0.39 is 28.0 Å². The predicted octanol–water partition coefficient (Wildman–Crippen LogP) is 1.26. The number of furan rings is 1. The largest absolute Gasteiger partial charge is 0.480 e. The van der Waals surface area contributed by atoms with Crippen molar-refractivity contribution >= 4 is 22.0 Å². The number of aryl methyl sites for hydroxylation is 1. The van der Waals surface area contributed by atoms with Gasteiger partial charge >= 0.3 is 11.9 Å². The van der Waals surface area contributed by atoms with Crippen molar-refractivity contribution in [1.29, 1.82) is 0 Å². The van der Waals surface area contributed by atoms with E-state index in [2.05, 4.69) is 4.74 Å². The van der Waals surface area contributed by atoms with E-state index in [1.165, 1.54) is 0 Å². The monoisotopic (exact) mass is 345 g/mol. The summed E-state index contributed by atoms with van der Waals surface area (Å²) in [6.07, 6.45) is 1.75. The number of carboxylic acids is 1. The molecular weight excluding hydrogens is 326 g/mol. The van der Waals surface area contributed by atoms with Crippen molar-refractivity contribution in [3.63, 3.8) is 0 Å². The number of methoxy groups -OCH3 is 1. The highest BCUT2D eigenvalue weighted by Gasteiger charge is 2.40. The van der Waals surface area contributed by atoms with Crippen LogP contribution in [0, 0.1) is 0 Å². The van der Waals surface area contributed by atoms with Gasteiger partial charge in [0.05, 0.1) is 7.11 Å². The number of piperidine rings is 1. The summed E-state index contributed by atoms with van der Waals surface area (Å²) in [6.45, 7) is 1.81. The van der Waals surface area contributed by atoms with Crippen LogP contribution in [0.4, 0.5) is 0 Å². The molecule has 0 bridgehead atoms. The summed E-state index contributed by atoms with van der Waals surface area (Å²) < 4.78 is 36.5. The van der Waals surface area contributed by atoms with Crippen molar-refractivity contribution in [3.05, 3.63) is 17.6 Å². The summed E-state index contributed by atoms with van der Waals surface area (Å²) in [5.74, 6) is -2.07. The third kappa shape index (κ3) is 3.25.